The van der Waals surface area contributed by atoms with Crippen LogP contribution < -0.4 is 5.32 Å². The van der Waals surface area contributed by atoms with Crippen LogP contribution in [-0.4, -0.2) is 17.2 Å². The topological polar surface area (TPSA) is 51.0 Å². The Bertz CT molecular complexity index is 229. The monoisotopic (exact) mass is 139 g/mol. The first-order valence-corrected chi connectivity index (χ1v) is 3.41. The summed E-state index contributed by atoms with van der Waals surface area (Å²) >= 11 is 0. The van der Waals surface area contributed by atoms with Crippen molar-refractivity contribution in [2.75, 3.05) is 12.4 Å². The van der Waals surface area contributed by atoms with Gasteiger partial charge in [0.05, 0.1) is 0 Å². The average Bonchev–Trinajstić information content (AvgIpc) is 2.70. The molecule has 1 aliphatic carbocycles. The van der Waals surface area contributed by atoms with Gasteiger partial charge in [-0.05, 0) is 12.8 Å². The third kappa shape index (κ3) is 0.853. The van der Waals surface area contributed by atoms with E-state index in [0.717, 1.165) is 5.82 Å². The Morgan fingerprint density at radius 2 is 2.40 bits per heavy atom. The molecule has 0 aromatic carbocycles. The highest BCUT2D eigenvalue weighted by Gasteiger charge is 2.28. The van der Waals surface area contributed by atoms with Gasteiger partial charge in [0.15, 0.2) is 5.82 Å². The molecule has 0 aliphatic heterocycles. The fraction of sp³-hybridized carbons (Fsp3) is 0.667. The van der Waals surface area contributed by atoms with Crippen molar-refractivity contribution in [3.05, 3.63) is 5.82 Å². The maximum atomic E-state index is 4.84. The van der Waals surface area contributed by atoms with Crippen LogP contribution in [0.5, 0.6) is 0 Å². The highest BCUT2D eigenvalue weighted by Crippen LogP contribution is 2.38. The SMILES string of the molecule is CNc1nc(C2CC2)no1. The maximum absolute atomic E-state index is 4.84. The molecule has 1 aliphatic rings. The lowest BCUT2D eigenvalue weighted by Crippen LogP contribution is -1.87. The third-order valence-corrected chi connectivity index (χ3v) is 1.60. The molecule has 0 amide bonds. The molecule has 4 heteroatoms. The first-order chi connectivity index (χ1) is 4.90. The standard InChI is InChI=1S/C6H9N3O/c1-7-6-8-5(9-10-6)4-2-3-4/h4H,2-3H2,1H3,(H,7,8,9). The molecule has 0 saturated heterocycles. The van der Waals surface area contributed by atoms with Crippen molar-refractivity contribution in [1.29, 1.82) is 0 Å². The summed E-state index contributed by atoms with van der Waals surface area (Å²) in [5, 5.41) is 6.59. The highest BCUT2D eigenvalue weighted by molar-refractivity contribution is 5.18. The quantitative estimate of drug-likeness (QED) is 0.663. The van der Waals surface area contributed by atoms with Crippen molar-refractivity contribution in [2.45, 2.75) is 18.8 Å². The second kappa shape index (κ2) is 1.97. The zero-order valence-electron chi connectivity index (χ0n) is 5.79. The van der Waals surface area contributed by atoms with Gasteiger partial charge < -0.3 is 9.84 Å². The molecule has 0 spiro atoms. The van der Waals surface area contributed by atoms with Crippen molar-refractivity contribution in [3.63, 3.8) is 0 Å². The smallest absolute Gasteiger partial charge is 0.321 e. The van der Waals surface area contributed by atoms with Crippen molar-refractivity contribution in [2.24, 2.45) is 0 Å². The van der Waals surface area contributed by atoms with E-state index in [-0.39, 0.29) is 0 Å². The summed E-state index contributed by atoms with van der Waals surface area (Å²) < 4.78 is 4.84. The van der Waals surface area contributed by atoms with Gasteiger partial charge in [0.25, 0.3) is 0 Å². The number of rotatable bonds is 2. The zero-order valence-corrected chi connectivity index (χ0v) is 5.79. The summed E-state index contributed by atoms with van der Waals surface area (Å²) in [4.78, 5) is 4.10. The second-order valence-electron chi connectivity index (χ2n) is 2.48. The first-order valence-electron chi connectivity index (χ1n) is 3.41. The summed E-state index contributed by atoms with van der Waals surface area (Å²) in [6.45, 7) is 0. The molecule has 1 fully saturated rings. The number of nitrogens with one attached hydrogen (secondary N) is 1. The van der Waals surface area contributed by atoms with Crippen LogP contribution in [0.1, 0.15) is 24.6 Å². The van der Waals surface area contributed by atoms with Gasteiger partial charge in [-0.1, -0.05) is 5.16 Å². The lowest BCUT2D eigenvalue weighted by Gasteiger charge is -1.82. The van der Waals surface area contributed by atoms with Gasteiger partial charge in [0, 0.05) is 13.0 Å². The first kappa shape index (κ1) is 5.70. The lowest BCUT2D eigenvalue weighted by atomic mass is 10.4. The van der Waals surface area contributed by atoms with Gasteiger partial charge in [-0.25, -0.2) is 0 Å². The van der Waals surface area contributed by atoms with E-state index in [1.807, 2.05) is 0 Å². The number of anilines is 1. The predicted octanol–water partition coefficient (Wildman–Crippen LogP) is 0.989. The molecule has 1 heterocycles. The van der Waals surface area contributed by atoms with Gasteiger partial charge in [-0.3, -0.25) is 0 Å². The van der Waals surface area contributed by atoms with Crippen molar-refractivity contribution < 1.29 is 4.52 Å². The van der Waals surface area contributed by atoms with E-state index in [1.165, 1.54) is 12.8 Å². The Labute approximate surface area is 58.6 Å². The minimum absolute atomic E-state index is 0.516. The summed E-state index contributed by atoms with van der Waals surface area (Å²) in [6, 6.07) is 0.516. The fourth-order valence-corrected chi connectivity index (χ4v) is 0.844. The molecule has 0 unspecified atom stereocenters. The second-order valence-corrected chi connectivity index (χ2v) is 2.48. The molecule has 10 heavy (non-hydrogen) atoms. The number of hydrogen-bond donors (Lipinski definition) is 1. The molecule has 1 aromatic rings. The summed E-state index contributed by atoms with van der Waals surface area (Å²) in [5.41, 5.74) is 0. The van der Waals surface area contributed by atoms with E-state index >= 15 is 0 Å². The Balaban J connectivity index is 2.19. The molecular formula is C6H9N3O. The van der Waals surface area contributed by atoms with Gasteiger partial charge in [-0.2, -0.15) is 4.98 Å². The van der Waals surface area contributed by atoms with Crippen LogP contribution in [0.15, 0.2) is 4.52 Å². The number of nitrogens with zero attached hydrogens (tertiary/aromatic N) is 2. The number of hydrogen-bond acceptors (Lipinski definition) is 4. The summed E-state index contributed by atoms with van der Waals surface area (Å²) in [7, 11) is 1.77. The van der Waals surface area contributed by atoms with Gasteiger partial charge >= 0.3 is 6.01 Å². The van der Waals surface area contributed by atoms with Gasteiger partial charge in [-0.15, -0.1) is 0 Å². The van der Waals surface area contributed by atoms with E-state index in [4.69, 9.17) is 4.52 Å². The summed E-state index contributed by atoms with van der Waals surface area (Å²) in [5.74, 6) is 1.43. The van der Waals surface area contributed by atoms with E-state index < -0.39 is 0 Å². The molecule has 4 nitrogen and oxygen atoms in total. The van der Waals surface area contributed by atoms with Crippen LogP contribution in [0.4, 0.5) is 6.01 Å². The third-order valence-electron chi connectivity index (χ3n) is 1.60. The molecule has 1 N–H and O–H groups in total. The Hall–Kier alpha value is -1.06. The van der Waals surface area contributed by atoms with Crippen molar-refractivity contribution in [3.8, 4) is 0 Å². The van der Waals surface area contributed by atoms with Crippen LogP contribution in [0.2, 0.25) is 0 Å². The maximum Gasteiger partial charge on any atom is 0.321 e. The number of aromatic nitrogens is 2. The minimum Gasteiger partial charge on any atom is -0.341 e. The average molecular weight is 139 g/mol. The normalized spacial score (nSPS) is 17.3. The molecule has 0 radical (unpaired) electrons. The van der Waals surface area contributed by atoms with E-state index in [2.05, 4.69) is 15.5 Å². The Kier molecular flexibility index (Phi) is 1.12. The molecule has 0 atom stereocenters. The van der Waals surface area contributed by atoms with Gasteiger partial charge in [0.2, 0.25) is 0 Å². The summed E-state index contributed by atoms with van der Waals surface area (Å²) in [6.07, 6.45) is 2.42. The van der Waals surface area contributed by atoms with Crippen LogP contribution in [0, 0.1) is 0 Å². The molecule has 0 bridgehead atoms. The van der Waals surface area contributed by atoms with E-state index in [0.29, 0.717) is 11.9 Å². The Morgan fingerprint density at radius 1 is 1.60 bits per heavy atom. The van der Waals surface area contributed by atoms with Crippen LogP contribution in [-0.2, 0) is 0 Å². The molecule has 1 aromatic heterocycles. The largest absolute Gasteiger partial charge is 0.341 e. The van der Waals surface area contributed by atoms with Crippen molar-refractivity contribution in [1.82, 2.24) is 10.1 Å². The minimum atomic E-state index is 0.516. The van der Waals surface area contributed by atoms with Crippen LogP contribution in [0.25, 0.3) is 0 Å². The van der Waals surface area contributed by atoms with Crippen LogP contribution >= 0.6 is 0 Å². The van der Waals surface area contributed by atoms with Crippen LogP contribution in [0.3, 0.4) is 0 Å². The van der Waals surface area contributed by atoms with E-state index in [1.54, 1.807) is 7.05 Å². The lowest BCUT2D eigenvalue weighted by molar-refractivity contribution is 0.424. The van der Waals surface area contributed by atoms with Crippen molar-refractivity contribution >= 4 is 6.01 Å². The molecule has 2 rings (SSSR count). The van der Waals surface area contributed by atoms with Gasteiger partial charge in [0.1, 0.15) is 0 Å². The van der Waals surface area contributed by atoms with E-state index in [9.17, 15) is 0 Å². The zero-order chi connectivity index (χ0) is 6.97. The molecular weight excluding hydrogens is 130 g/mol. The Morgan fingerprint density at radius 3 is 2.90 bits per heavy atom. The highest BCUT2D eigenvalue weighted by atomic mass is 16.5. The molecule has 1 saturated carbocycles. The fourth-order valence-electron chi connectivity index (χ4n) is 0.844. The predicted molar refractivity (Wildman–Crippen MR) is 35.8 cm³/mol. The molecule has 54 valence electrons.